The van der Waals surface area contributed by atoms with Gasteiger partial charge in [0.1, 0.15) is 5.82 Å². The van der Waals surface area contributed by atoms with Crippen molar-refractivity contribution in [1.82, 2.24) is 9.97 Å². The Bertz CT molecular complexity index is 899. The summed E-state index contributed by atoms with van der Waals surface area (Å²) >= 11 is 6.66. The molecule has 1 unspecified atom stereocenters. The molecule has 2 saturated heterocycles. The summed E-state index contributed by atoms with van der Waals surface area (Å²) < 4.78 is 11.1. The normalized spacial score (nSPS) is 22.0. The SMILES string of the molecule is Cc1cc(N2CCCOCC2c2ccc(NC(=O)[C@@H]3CCOC3)cc2Cl)nc(N)n1. The Balaban J connectivity index is 1.58. The van der Waals surface area contributed by atoms with Gasteiger partial charge in [-0.25, -0.2) is 4.98 Å². The second kappa shape index (κ2) is 9.16. The highest BCUT2D eigenvalue weighted by molar-refractivity contribution is 6.31. The van der Waals surface area contributed by atoms with E-state index in [0.29, 0.717) is 37.1 Å². The number of amides is 1. The molecule has 0 bridgehead atoms. The standard InChI is InChI=1S/C21H26ClN5O3/c1-13-9-19(26-21(23)24-13)27-6-2-7-29-12-18(27)16-4-3-15(10-17(16)22)25-20(28)14-5-8-30-11-14/h3-4,9-10,14,18H,2,5-8,11-12H2,1H3,(H,25,28)(H2,23,24,26)/t14-,18?/m1/s1. The lowest BCUT2D eigenvalue weighted by molar-refractivity contribution is -0.119. The fourth-order valence-electron chi connectivity index (χ4n) is 3.89. The molecule has 2 aromatic rings. The number of aryl methyl sites for hydroxylation is 1. The molecule has 2 aliphatic heterocycles. The average molecular weight is 432 g/mol. The van der Waals surface area contributed by atoms with Crippen molar-refractivity contribution in [2.24, 2.45) is 5.92 Å². The quantitative estimate of drug-likeness (QED) is 0.767. The van der Waals surface area contributed by atoms with Gasteiger partial charge in [0.2, 0.25) is 11.9 Å². The number of benzene rings is 1. The van der Waals surface area contributed by atoms with Crippen LogP contribution in [0.1, 0.15) is 30.1 Å². The second-order valence-corrected chi connectivity index (χ2v) is 8.06. The fraction of sp³-hybridized carbons (Fsp3) is 0.476. The first-order valence-corrected chi connectivity index (χ1v) is 10.5. The van der Waals surface area contributed by atoms with Crippen LogP contribution in [0.2, 0.25) is 5.02 Å². The first-order valence-electron chi connectivity index (χ1n) is 10.1. The van der Waals surface area contributed by atoms with Crippen LogP contribution in [-0.4, -0.2) is 48.8 Å². The molecule has 0 radical (unpaired) electrons. The van der Waals surface area contributed by atoms with E-state index < -0.39 is 0 Å². The largest absolute Gasteiger partial charge is 0.381 e. The van der Waals surface area contributed by atoms with Crippen LogP contribution in [0.3, 0.4) is 0 Å². The van der Waals surface area contributed by atoms with Crippen LogP contribution in [0.4, 0.5) is 17.5 Å². The number of nitrogens with two attached hydrogens (primary N) is 1. The number of aromatic nitrogens is 2. The molecular weight excluding hydrogens is 406 g/mol. The van der Waals surface area contributed by atoms with Gasteiger partial charge in [-0.3, -0.25) is 4.79 Å². The van der Waals surface area contributed by atoms with E-state index in [2.05, 4.69) is 20.2 Å². The maximum Gasteiger partial charge on any atom is 0.229 e. The third-order valence-corrected chi connectivity index (χ3v) is 5.75. The molecular formula is C21H26ClN5O3. The molecule has 1 aromatic carbocycles. The molecule has 8 nitrogen and oxygen atoms in total. The third-order valence-electron chi connectivity index (χ3n) is 5.42. The minimum Gasteiger partial charge on any atom is -0.381 e. The lowest BCUT2D eigenvalue weighted by Crippen LogP contribution is -2.32. The highest BCUT2D eigenvalue weighted by atomic mass is 35.5. The van der Waals surface area contributed by atoms with Gasteiger partial charge < -0.3 is 25.4 Å². The third kappa shape index (κ3) is 4.66. The molecule has 1 aromatic heterocycles. The number of hydrogen-bond acceptors (Lipinski definition) is 7. The van der Waals surface area contributed by atoms with Gasteiger partial charge in [0.25, 0.3) is 0 Å². The summed E-state index contributed by atoms with van der Waals surface area (Å²) in [6.07, 6.45) is 1.61. The highest BCUT2D eigenvalue weighted by Gasteiger charge is 2.28. The maximum absolute atomic E-state index is 12.4. The number of hydrogen-bond donors (Lipinski definition) is 2. The number of nitrogens with one attached hydrogen (secondary N) is 1. The van der Waals surface area contributed by atoms with Crippen molar-refractivity contribution in [3.8, 4) is 0 Å². The van der Waals surface area contributed by atoms with Crippen molar-refractivity contribution in [2.45, 2.75) is 25.8 Å². The molecule has 3 N–H and O–H groups in total. The molecule has 9 heteroatoms. The Morgan fingerprint density at radius 2 is 2.07 bits per heavy atom. The predicted octanol–water partition coefficient (Wildman–Crippen LogP) is 2.96. The van der Waals surface area contributed by atoms with Crippen LogP contribution < -0.4 is 16.0 Å². The summed E-state index contributed by atoms with van der Waals surface area (Å²) in [6.45, 7) is 4.90. The molecule has 2 aliphatic rings. The molecule has 4 rings (SSSR count). The highest BCUT2D eigenvalue weighted by Crippen LogP contribution is 2.34. The number of ether oxygens (including phenoxy) is 2. The Morgan fingerprint density at radius 1 is 1.23 bits per heavy atom. The summed E-state index contributed by atoms with van der Waals surface area (Å²) in [6, 6.07) is 7.39. The molecule has 0 spiro atoms. The van der Waals surface area contributed by atoms with Crippen molar-refractivity contribution >= 4 is 35.0 Å². The topological polar surface area (TPSA) is 103 Å². The van der Waals surface area contributed by atoms with E-state index in [-0.39, 0.29) is 23.8 Å². The Morgan fingerprint density at radius 3 is 2.80 bits per heavy atom. The van der Waals surface area contributed by atoms with Crippen molar-refractivity contribution in [3.05, 3.63) is 40.5 Å². The van der Waals surface area contributed by atoms with Crippen molar-refractivity contribution in [1.29, 1.82) is 0 Å². The fourth-order valence-corrected chi connectivity index (χ4v) is 4.20. The monoisotopic (exact) mass is 431 g/mol. The number of carbonyl (C=O) groups is 1. The summed E-state index contributed by atoms with van der Waals surface area (Å²) in [5.41, 5.74) is 8.27. The van der Waals surface area contributed by atoms with Gasteiger partial charge in [-0.05, 0) is 37.5 Å². The molecule has 0 saturated carbocycles. The smallest absolute Gasteiger partial charge is 0.229 e. The molecule has 2 atom stereocenters. The van der Waals surface area contributed by atoms with E-state index in [9.17, 15) is 4.79 Å². The summed E-state index contributed by atoms with van der Waals surface area (Å²) in [5.74, 6) is 0.850. The second-order valence-electron chi connectivity index (χ2n) is 7.65. The van der Waals surface area contributed by atoms with E-state index in [0.717, 1.165) is 36.5 Å². The molecule has 0 aliphatic carbocycles. The van der Waals surface area contributed by atoms with E-state index in [1.54, 1.807) is 6.07 Å². The number of nitrogens with zero attached hydrogens (tertiary/aromatic N) is 3. The van der Waals surface area contributed by atoms with Gasteiger partial charge in [-0.1, -0.05) is 17.7 Å². The van der Waals surface area contributed by atoms with Gasteiger partial charge in [-0.2, -0.15) is 4.98 Å². The molecule has 2 fully saturated rings. The maximum atomic E-state index is 12.4. The van der Waals surface area contributed by atoms with Gasteiger partial charge in [0, 0.05) is 42.2 Å². The van der Waals surface area contributed by atoms with Crippen LogP contribution in [0.5, 0.6) is 0 Å². The molecule has 3 heterocycles. The number of nitrogen functional groups attached to an aromatic ring is 1. The molecule has 160 valence electrons. The molecule has 30 heavy (non-hydrogen) atoms. The van der Waals surface area contributed by atoms with Gasteiger partial charge in [0.05, 0.1) is 25.2 Å². The number of carbonyl (C=O) groups excluding carboxylic acids is 1. The van der Waals surface area contributed by atoms with Gasteiger partial charge in [-0.15, -0.1) is 0 Å². The zero-order valence-electron chi connectivity index (χ0n) is 16.9. The van der Waals surface area contributed by atoms with E-state index in [4.69, 9.17) is 26.8 Å². The number of halogens is 1. The van der Waals surface area contributed by atoms with E-state index >= 15 is 0 Å². The lowest BCUT2D eigenvalue weighted by atomic mass is 10.0. The summed E-state index contributed by atoms with van der Waals surface area (Å²) in [5, 5.41) is 3.50. The van der Waals surface area contributed by atoms with Crippen LogP contribution in [-0.2, 0) is 14.3 Å². The van der Waals surface area contributed by atoms with Crippen LogP contribution in [0.15, 0.2) is 24.3 Å². The minimum absolute atomic E-state index is 0.0392. The minimum atomic E-state index is -0.123. The van der Waals surface area contributed by atoms with E-state index in [1.807, 2.05) is 25.1 Å². The summed E-state index contributed by atoms with van der Waals surface area (Å²) in [7, 11) is 0. The zero-order valence-corrected chi connectivity index (χ0v) is 17.7. The summed E-state index contributed by atoms with van der Waals surface area (Å²) in [4.78, 5) is 23.1. The first kappa shape index (κ1) is 20.8. The van der Waals surface area contributed by atoms with Crippen LogP contribution in [0, 0.1) is 12.8 Å². The van der Waals surface area contributed by atoms with Crippen LogP contribution >= 0.6 is 11.6 Å². The van der Waals surface area contributed by atoms with Crippen molar-refractivity contribution < 1.29 is 14.3 Å². The van der Waals surface area contributed by atoms with Gasteiger partial charge in [0.15, 0.2) is 0 Å². The average Bonchev–Trinajstić information content (AvgIpc) is 3.13. The molecule has 1 amide bonds. The van der Waals surface area contributed by atoms with E-state index in [1.165, 1.54) is 0 Å². The Labute approximate surface area is 180 Å². The zero-order chi connectivity index (χ0) is 21.1. The number of rotatable bonds is 4. The Kier molecular flexibility index (Phi) is 6.36. The lowest BCUT2D eigenvalue weighted by Gasteiger charge is -2.31. The van der Waals surface area contributed by atoms with Crippen molar-refractivity contribution in [3.63, 3.8) is 0 Å². The van der Waals surface area contributed by atoms with Crippen LogP contribution in [0.25, 0.3) is 0 Å². The first-order chi connectivity index (χ1) is 14.5. The van der Waals surface area contributed by atoms with Crippen molar-refractivity contribution in [2.75, 3.05) is 48.9 Å². The number of anilines is 3. The predicted molar refractivity (Wildman–Crippen MR) is 116 cm³/mol. The Hall–Kier alpha value is -2.42. The van der Waals surface area contributed by atoms with Gasteiger partial charge >= 0.3 is 0 Å².